The van der Waals surface area contributed by atoms with Crippen molar-refractivity contribution in [2.24, 2.45) is 0 Å². The predicted octanol–water partition coefficient (Wildman–Crippen LogP) is 1.83. The highest BCUT2D eigenvalue weighted by atomic mass is 16.5. The maximum Gasteiger partial charge on any atom is 0.325 e. The van der Waals surface area contributed by atoms with E-state index in [4.69, 9.17) is 4.74 Å². The number of rotatable bonds is 6. The van der Waals surface area contributed by atoms with Crippen molar-refractivity contribution < 1.29 is 19.1 Å². The number of methoxy groups -OCH3 is 1. The van der Waals surface area contributed by atoms with Gasteiger partial charge in [0.25, 0.3) is 5.91 Å². The molecule has 1 aliphatic heterocycles. The lowest BCUT2D eigenvalue weighted by Crippen LogP contribution is -2.43. The fourth-order valence-corrected chi connectivity index (χ4v) is 2.61. The fraction of sp³-hybridized carbons (Fsp3) is 0.438. The van der Waals surface area contributed by atoms with Crippen LogP contribution in [-0.2, 0) is 15.1 Å². The molecule has 0 bridgehead atoms. The minimum absolute atomic E-state index is 0.0564. The summed E-state index contributed by atoms with van der Waals surface area (Å²) in [6.07, 6.45) is 0.599. The molecule has 22 heavy (non-hydrogen) atoms. The average molecular weight is 304 g/mol. The van der Waals surface area contributed by atoms with Gasteiger partial charge in [-0.3, -0.25) is 14.5 Å². The summed E-state index contributed by atoms with van der Waals surface area (Å²) in [5.74, 6) is 0.311. The largest absolute Gasteiger partial charge is 0.497 e. The zero-order valence-corrected chi connectivity index (χ0v) is 13.0. The van der Waals surface area contributed by atoms with Crippen LogP contribution in [0.25, 0.3) is 0 Å². The molecule has 0 saturated carbocycles. The zero-order valence-electron chi connectivity index (χ0n) is 13.0. The van der Waals surface area contributed by atoms with Crippen molar-refractivity contribution in [1.82, 2.24) is 10.2 Å². The van der Waals surface area contributed by atoms with Crippen LogP contribution in [0.15, 0.2) is 24.3 Å². The van der Waals surface area contributed by atoms with Crippen molar-refractivity contribution in [3.8, 4) is 5.75 Å². The van der Waals surface area contributed by atoms with Crippen molar-refractivity contribution in [1.29, 1.82) is 0 Å². The number of carbonyl (C=O) groups is 3. The van der Waals surface area contributed by atoms with Crippen molar-refractivity contribution in [2.45, 2.75) is 32.2 Å². The van der Waals surface area contributed by atoms with E-state index in [0.717, 1.165) is 4.90 Å². The molecule has 1 fully saturated rings. The van der Waals surface area contributed by atoms with E-state index >= 15 is 0 Å². The Kier molecular flexibility index (Phi) is 4.49. The zero-order chi connectivity index (χ0) is 16.3. The summed E-state index contributed by atoms with van der Waals surface area (Å²) in [7, 11) is 1.57. The molecule has 3 amide bonds. The van der Waals surface area contributed by atoms with Gasteiger partial charge in [0.05, 0.1) is 7.11 Å². The number of hydrogen-bond acceptors (Lipinski definition) is 4. The van der Waals surface area contributed by atoms with E-state index < -0.39 is 11.6 Å². The monoisotopic (exact) mass is 304 g/mol. The Morgan fingerprint density at radius 1 is 1.27 bits per heavy atom. The van der Waals surface area contributed by atoms with Gasteiger partial charge in [-0.15, -0.1) is 0 Å². The normalized spacial score (nSPS) is 21.0. The molecule has 1 heterocycles. The van der Waals surface area contributed by atoms with Gasteiger partial charge in [0.2, 0.25) is 0 Å². The maximum atomic E-state index is 12.7. The van der Waals surface area contributed by atoms with Gasteiger partial charge in [0.1, 0.15) is 17.1 Å². The molecular weight excluding hydrogens is 284 g/mol. The Morgan fingerprint density at radius 2 is 1.91 bits per heavy atom. The highest BCUT2D eigenvalue weighted by Gasteiger charge is 2.50. The van der Waals surface area contributed by atoms with Crippen molar-refractivity contribution >= 4 is 17.7 Å². The van der Waals surface area contributed by atoms with E-state index in [0.29, 0.717) is 17.7 Å². The molecule has 0 aromatic heterocycles. The third kappa shape index (κ3) is 2.68. The summed E-state index contributed by atoms with van der Waals surface area (Å²) < 4.78 is 5.11. The topological polar surface area (TPSA) is 75.7 Å². The number of urea groups is 1. The summed E-state index contributed by atoms with van der Waals surface area (Å²) in [6, 6.07) is 6.60. The Balaban J connectivity index is 2.31. The summed E-state index contributed by atoms with van der Waals surface area (Å²) >= 11 is 0. The number of amides is 3. The third-order valence-electron chi connectivity index (χ3n) is 3.98. The number of benzene rings is 1. The molecule has 1 aromatic rings. The first-order valence-corrected chi connectivity index (χ1v) is 7.22. The Morgan fingerprint density at radius 3 is 2.41 bits per heavy atom. The molecule has 1 aliphatic rings. The molecule has 0 spiro atoms. The van der Waals surface area contributed by atoms with Gasteiger partial charge in [0, 0.05) is 13.0 Å². The van der Waals surface area contributed by atoms with Crippen LogP contribution >= 0.6 is 0 Å². The number of hydrogen-bond donors (Lipinski definition) is 1. The first kappa shape index (κ1) is 16.0. The SMILES string of the molecule is CC[C@]1(c2ccc(OC)cc2)NC(=O)N(CCC(C)=O)C1=O. The number of carbonyl (C=O) groups excluding carboxylic acids is 3. The molecule has 2 rings (SSSR count). The number of nitrogens with one attached hydrogen (secondary N) is 1. The highest BCUT2D eigenvalue weighted by Crippen LogP contribution is 2.33. The van der Waals surface area contributed by atoms with E-state index in [-0.39, 0.29) is 24.7 Å². The lowest BCUT2D eigenvalue weighted by atomic mass is 9.87. The summed E-state index contributed by atoms with van der Waals surface area (Å²) in [6.45, 7) is 3.39. The first-order valence-electron chi connectivity index (χ1n) is 7.22. The molecular formula is C16H20N2O4. The van der Waals surface area contributed by atoms with Gasteiger partial charge in [-0.2, -0.15) is 0 Å². The average Bonchev–Trinajstić information content (AvgIpc) is 2.76. The van der Waals surface area contributed by atoms with Gasteiger partial charge in [-0.05, 0) is 31.0 Å². The number of imide groups is 1. The maximum absolute atomic E-state index is 12.7. The van der Waals surface area contributed by atoms with Crippen LogP contribution in [0, 0.1) is 0 Å². The van der Waals surface area contributed by atoms with Crippen molar-refractivity contribution in [3.05, 3.63) is 29.8 Å². The van der Waals surface area contributed by atoms with E-state index in [1.807, 2.05) is 6.92 Å². The van der Waals surface area contributed by atoms with E-state index in [1.165, 1.54) is 6.92 Å². The lowest BCUT2D eigenvalue weighted by molar-refractivity contribution is -0.132. The van der Waals surface area contributed by atoms with Crippen LogP contribution in [0.3, 0.4) is 0 Å². The second-order valence-electron chi connectivity index (χ2n) is 5.33. The summed E-state index contributed by atoms with van der Waals surface area (Å²) in [5, 5.41) is 2.78. The van der Waals surface area contributed by atoms with Gasteiger partial charge in [-0.1, -0.05) is 19.1 Å². The van der Waals surface area contributed by atoms with Gasteiger partial charge < -0.3 is 10.1 Å². The lowest BCUT2D eigenvalue weighted by Gasteiger charge is -2.26. The molecule has 0 radical (unpaired) electrons. The molecule has 6 nitrogen and oxygen atoms in total. The first-order chi connectivity index (χ1) is 10.4. The van der Waals surface area contributed by atoms with Crippen molar-refractivity contribution in [3.63, 3.8) is 0 Å². The van der Waals surface area contributed by atoms with E-state index in [1.54, 1.807) is 31.4 Å². The minimum Gasteiger partial charge on any atom is -0.497 e. The second-order valence-corrected chi connectivity index (χ2v) is 5.33. The number of ketones is 1. The van der Waals surface area contributed by atoms with Gasteiger partial charge in [-0.25, -0.2) is 4.79 Å². The smallest absolute Gasteiger partial charge is 0.325 e. The van der Waals surface area contributed by atoms with E-state index in [2.05, 4.69) is 5.32 Å². The fourth-order valence-electron chi connectivity index (χ4n) is 2.61. The molecule has 1 saturated heterocycles. The predicted molar refractivity (Wildman–Crippen MR) is 80.5 cm³/mol. The van der Waals surface area contributed by atoms with Crippen LogP contribution in [-0.4, -0.2) is 36.3 Å². The Bertz CT molecular complexity index is 597. The van der Waals surface area contributed by atoms with Crippen molar-refractivity contribution in [2.75, 3.05) is 13.7 Å². The molecule has 118 valence electrons. The molecule has 1 atom stereocenters. The molecule has 1 aromatic carbocycles. The molecule has 1 N–H and O–H groups in total. The third-order valence-corrected chi connectivity index (χ3v) is 3.98. The molecule has 0 aliphatic carbocycles. The summed E-state index contributed by atoms with van der Waals surface area (Å²) in [4.78, 5) is 37.1. The standard InChI is InChI=1S/C16H20N2O4/c1-4-16(12-5-7-13(22-3)8-6-12)14(20)18(15(21)17-16)10-9-11(2)19/h5-8H,4,9-10H2,1-3H3,(H,17,21)/t16-/m1/s1. The van der Waals surface area contributed by atoms with Gasteiger partial charge in [0.15, 0.2) is 0 Å². The van der Waals surface area contributed by atoms with Crippen LogP contribution in [0.1, 0.15) is 32.3 Å². The van der Waals surface area contributed by atoms with Gasteiger partial charge >= 0.3 is 6.03 Å². The second kappa shape index (κ2) is 6.17. The van der Waals surface area contributed by atoms with Crippen LogP contribution < -0.4 is 10.1 Å². The highest BCUT2D eigenvalue weighted by molar-refractivity contribution is 6.07. The molecule has 0 unspecified atom stereocenters. The molecule has 6 heteroatoms. The minimum atomic E-state index is -1.07. The quantitative estimate of drug-likeness (QED) is 0.814. The number of nitrogens with zero attached hydrogens (tertiary/aromatic N) is 1. The van der Waals surface area contributed by atoms with Crippen LogP contribution in [0.4, 0.5) is 4.79 Å². The summed E-state index contributed by atoms with van der Waals surface area (Å²) in [5.41, 5.74) is -0.361. The number of Topliss-reactive ketones (excluding diaryl/α,β-unsaturated/α-hetero) is 1. The van der Waals surface area contributed by atoms with E-state index in [9.17, 15) is 14.4 Å². The number of ether oxygens (including phenoxy) is 1. The van der Waals surface area contributed by atoms with Crippen LogP contribution in [0.2, 0.25) is 0 Å². The van der Waals surface area contributed by atoms with Crippen LogP contribution in [0.5, 0.6) is 5.75 Å². The Hall–Kier alpha value is -2.37. The Labute approximate surface area is 129 Å².